The number of benzene rings is 2. The number of piperidine rings is 1. The fourth-order valence-electron chi connectivity index (χ4n) is 8.05. The van der Waals surface area contributed by atoms with Crippen molar-refractivity contribution < 1.29 is 47.7 Å². The number of hydrogen-bond acceptors (Lipinski definition) is 11. The van der Waals surface area contributed by atoms with E-state index < -0.39 is 42.2 Å². The molecule has 3 fully saturated rings. The zero-order chi connectivity index (χ0) is 46.7. The smallest absolute Gasteiger partial charge is 0.410 e. The maximum atomic E-state index is 13.6. The first-order valence-corrected chi connectivity index (χ1v) is 23.4. The van der Waals surface area contributed by atoms with Crippen LogP contribution in [0.5, 0.6) is 0 Å². The summed E-state index contributed by atoms with van der Waals surface area (Å²) in [4.78, 5) is 73.7. The largest absolute Gasteiger partial charge is 0.447 e. The molecule has 0 aliphatic carbocycles. The van der Waals surface area contributed by atoms with Crippen LogP contribution in [0.15, 0.2) is 73.3 Å². The molecule has 6 amide bonds. The lowest BCUT2D eigenvalue weighted by atomic mass is 9.96. The number of nitrogens with one attached hydrogen (secondary N) is 3. The maximum absolute atomic E-state index is 13.6. The van der Waals surface area contributed by atoms with E-state index in [0.717, 1.165) is 48.9 Å². The van der Waals surface area contributed by atoms with Crippen molar-refractivity contribution in [2.75, 3.05) is 59.0 Å². The number of aryl methyl sites for hydroxylation is 1. The van der Waals surface area contributed by atoms with Gasteiger partial charge in [0.25, 0.3) is 0 Å². The Morgan fingerprint density at radius 2 is 1.41 bits per heavy atom. The number of carbonyl (C=O) groups excluding carboxylic acids is 5. The van der Waals surface area contributed by atoms with Crippen LogP contribution in [0, 0.1) is 5.92 Å². The van der Waals surface area contributed by atoms with Gasteiger partial charge in [0, 0.05) is 90.2 Å². The van der Waals surface area contributed by atoms with Crippen molar-refractivity contribution in [1.82, 2.24) is 40.2 Å². The van der Waals surface area contributed by atoms with Gasteiger partial charge in [0.15, 0.2) is 0 Å². The van der Waals surface area contributed by atoms with E-state index in [4.69, 9.17) is 23.7 Å². The van der Waals surface area contributed by atoms with Crippen molar-refractivity contribution in [3.63, 3.8) is 0 Å². The van der Waals surface area contributed by atoms with Crippen LogP contribution in [-0.2, 0) is 54.7 Å². The Balaban J connectivity index is 0.905. The molecule has 66 heavy (non-hydrogen) atoms. The Hall–Kier alpha value is -5.88. The molecule has 3 N–H and O–H groups in total. The van der Waals surface area contributed by atoms with E-state index in [2.05, 4.69) is 25.5 Å². The summed E-state index contributed by atoms with van der Waals surface area (Å²) in [5.41, 5.74) is 2.15. The minimum absolute atomic E-state index is 0.0336. The lowest BCUT2D eigenvalue weighted by Crippen LogP contribution is -2.55. The van der Waals surface area contributed by atoms with E-state index in [1.165, 1.54) is 0 Å². The Bertz CT molecular complexity index is 1960. The number of nitrogens with zero attached hydrogens (tertiary/aromatic N) is 5. The number of piperazine rings is 1. The predicted molar refractivity (Wildman–Crippen MR) is 244 cm³/mol. The second-order valence-corrected chi connectivity index (χ2v) is 18.0. The van der Waals surface area contributed by atoms with Crippen LogP contribution in [0.3, 0.4) is 0 Å². The molecule has 0 spiro atoms. The number of amides is 6. The molecule has 0 unspecified atom stereocenters. The highest BCUT2D eigenvalue weighted by Gasteiger charge is 2.40. The third-order valence-electron chi connectivity index (χ3n) is 11.8. The molecule has 0 radical (unpaired) electrons. The lowest BCUT2D eigenvalue weighted by Gasteiger charge is -2.39. The van der Waals surface area contributed by atoms with Gasteiger partial charge in [-0.3, -0.25) is 4.79 Å². The van der Waals surface area contributed by atoms with Crippen LogP contribution >= 0.6 is 0 Å². The van der Waals surface area contributed by atoms with Crippen molar-refractivity contribution in [3.05, 3.63) is 90.0 Å². The molecule has 3 atom stereocenters. The fourth-order valence-corrected chi connectivity index (χ4v) is 8.05. The highest BCUT2D eigenvalue weighted by Crippen LogP contribution is 2.25. The number of imidazole rings is 1. The zero-order valence-electron chi connectivity index (χ0n) is 38.7. The molecule has 0 saturated carbocycles. The average molecular weight is 917 g/mol. The van der Waals surface area contributed by atoms with Gasteiger partial charge in [-0.15, -0.1) is 0 Å². The molecule has 3 saturated heterocycles. The van der Waals surface area contributed by atoms with Gasteiger partial charge in [0.2, 0.25) is 5.91 Å². The molecule has 3 aromatic rings. The summed E-state index contributed by atoms with van der Waals surface area (Å²) in [6, 6.07) is 17.0. The predicted octanol–water partition coefficient (Wildman–Crippen LogP) is 5.84. The van der Waals surface area contributed by atoms with Gasteiger partial charge in [-0.2, -0.15) is 0 Å². The first kappa shape index (κ1) is 49.6. The maximum Gasteiger partial charge on any atom is 0.410 e. The van der Waals surface area contributed by atoms with E-state index in [0.29, 0.717) is 65.1 Å². The van der Waals surface area contributed by atoms with Gasteiger partial charge in [-0.1, -0.05) is 67.4 Å². The minimum Gasteiger partial charge on any atom is -0.447 e. The molecule has 4 heterocycles. The number of alkyl carbamates (subject to hydrolysis) is 1. The highest BCUT2D eigenvalue weighted by molar-refractivity contribution is 5.79. The van der Waals surface area contributed by atoms with E-state index in [1.807, 2.05) is 87.9 Å². The Morgan fingerprint density at radius 3 is 2.09 bits per heavy atom. The fraction of sp³-hybridized carbons (Fsp3) is 0.583. The molecule has 3 aliphatic rings. The quantitative estimate of drug-likeness (QED) is 0.103. The Morgan fingerprint density at radius 1 is 0.742 bits per heavy atom. The standard InChI is InChI=1S/C48H68N8O10/c1-48(2,3)66-45(59)52-32-37-15-13-36(14-16-37)31-51-44(58)54-26-28-56(29-27-54)47(61)65-40-19-30-62-41(42(40)63-33-38-11-7-6-8-12-38)34-64-46(60)55-23-17-39(18-24-55)43(57)50-20-9-4-5-10-22-53-25-21-49-35-53/h6-8,11-16,21,25,35,39-42H,4-5,9-10,17-20,22-24,26-34H2,1-3H3,(H,50,57)(H,51,58)(H,52,59)/t40-,41-,42+/m1/s1. The number of unbranched alkanes of at least 4 members (excludes halogenated alkanes) is 3. The van der Waals surface area contributed by atoms with Gasteiger partial charge in [0.1, 0.15) is 30.5 Å². The molecule has 2 aromatic carbocycles. The van der Waals surface area contributed by atoms with E-state index >= 15 is 0 Å². The summed E-state index contributed by atoms with van der Waals surface area (Å²) in [5, 5.41) is 8.76. The average Bonchev–Trinajstić information content (AvgIpc) is 3.85. The molecule has 6 rings (SSSR count). The SMILES string of the molecule is CC(C)(C)OC(=O)NCc1ccc(CNC(=O)N2CCN(C(=O)O[C@@H]3CCO[C@H](COC(=O)N4CCC(C(=O)NCCCCCCn5ccnc5)CC4)[C@H]3OCc3ccccc3)CC2)cc1. The Labute approximate surface area is 388 Å². The normalized spacial score (nSPS) is 19.1. The zero-order valence-corrected chi connectivity index (χ0v) is 38.7. The number of urea groups is 1. The van der Waals surface area contributed by atoms with E-state index in [9.17, 15) is 24.0 Å². The van der Waals surface area contributed by atoms with Crippen LogP contribution in [0.2, 0.25) is 0 Å². The van der Waals surface area contributed by atoms with Crippen molar-refractivity contribution in [2.45, 2.75) is 116 Å². The number of rotatable bonds is 18. The van der Waals surface area contributed by atoms with Gasteiger partial charge < -0.3 is 58.9 Å². The van der Waals surface area contributed by atoms with Crippen LogP contribution in [0.1, 0.15) is 82.4 Å². The molecule has 1 aromatic heterocycles. The van der Waals surface area contributed by atoms with Crippen LogP contribution < -0.4 is 16.0 Å². The van der Waals surface area contributed by atoms with Gasteiger partial charge in [-0.05, 0) is 63.1 Å². The van der Waals surface area contributed by atoms with Crippen LogP contribution in [0.4, 0.5) is 19.2 Å². The highest BCUT2D eigenvalue weighted by atomic mass is 16.6. The van der Waals surface area contributed by atoms with Gasteiger partial charge in [0.05, 0.1) is 19.5 Å². The van der Waals surface area contributed by atoms with Crippen LogP contribution in [-0.4, -0.2) is 137 Å². The van der Waals surface area contributed by atoms with Crippen LogP contribution in [0.25, 0.3) is 0 Å². The van der Waals surface area contributed by atoms with Gasteiger partial charge in [-0.25, -0.2) is 24.2 Å². The van der Waals surface area contributed by atoms with E-state index in [-0.39, 0.29) is 50.8 Å². The van der Waals surface area contributed by atoms with Gasteiger partial charge >= 0.3 is 24.3 Å². The summed E-state index contributed by atoms with van der Waals surface area (Å²) < 4.78 is 31.7. The lowest BCUT2D eigenvalue weighted by molar-refractivity contribution is -0.178. The summed E-state index contributed by atoms with van der Waals surface area (Å²) in [6.45, 7) is 10.1. The second kappa shape index (κ2) is 25.1. The minimum atomic E-state index is -0.718. The molecule has 18 nitrogen and oxygen atoms in total. The topological polar surface area (TPSA) is 195 Å². The molecule has 18 heteroatoms. The van der Waals surface area contributed by atoms with Crippen molar-refractivity contribution >= 4 is 30.2 Å². The molecule has 0 bridgehead atoms. The number of hydrogen-bond donors (Lipinski definition) is 3. The van der Waals surface area contributed by atoms with Crippen molar-refractivity contribution in [1.29, 1.82) is 0 Å². The molecule has 360 valence electrons. The molecular formula is C48H68N8O10. The van der Waals surface area contributed by atoms with E-state index in [1.54, 1.807) is 20.9 Å². The third kappa shape index (κ3) is 16.2. The number of likely N-dealkylation sites (tertiary alicyclic amines) is 1. The van der Waals surface area contributed by atoms with Crippen molar-refractivity contribution in [2.24, 2.45) is 5.92 Å². The first-order valence-electron chi connectivity index (χ1n) is 23.4. The molecule has 3 aliphatic heterocycles. The third-order valence-corrected chi connectivity index (χ3v) is 11.8. The summed E-state index contributed by atoms with van der Waals surface area (Å²) >= 11 is 0. The number of aromatic nitrogens is 2. The summed E-state index contributed by atoms with van der Waals surface area (Å²) in [5.74, 6) is -0.118. The summed E-state index contributed by atoms with van der Waals surface area (Å²) in [7, 11) is 0. The number of ether oxygens (including phenoxy) is 5. The van der Waals surface area contributed by atoms with Crippen molar-refractivity contribution in [3.8, 4) is 0 Å². The first-order chi connectivity index (χ1) is 31.9. The number of carbonyl (C=O) groups is 5. The summed E-state index contributed by atoms with van der Waals surface area (Å²) in [6.07, 6.45) is 7.64. The monoisotopic (exact) mass is 917 g/mol. The molecular weight excluding hydrogens is 849 g/mol. The Kier molecular flexibility index (Phi) is 18.9. The second-order valence-electron chi connectivity index (χ2n) is 18.0.